The highest BCUT2D eigenvalue weighted by Gasteiger charge is 2.44. The normalized spacial score (nSPS) is 23.1. The molecule has 0 aliphatic carbocycles. The zero-order chi connectivity index (χ0) is 17.3. The minimum atomic E-state index is -0.419. The van der Waals surface area contributed by atoms with Crippen LogP contribution in [0, 0.1) is 0 Å². The Kier molecular flexibility index (Phi) is 4.48. The van der Waals surface area contributed by atoms with Gasteiger partial charge >= 0.3 is 0 Å². The Labute approximate surface area is 148 Å². The number of fused-ring (bicyclic) bond motifs is 1. The molecule has 2 fully saturated rings. The van der Waals surface area contributed by atoms with E-state index in [4.69, 9.17) is 4.74 Å². The summed E-state index contributed by atoms with van der Waals surface area (Å²) in [5.74, 6) is 0.162. The molecule has 2 aliphatic heterocycles. The Morgan fingerprint density at radius 3 is 2.68 bits per heavy atom. The maximum absolute atomic E-state index is 12.7. The average molecular weight is 339 g/mol. The van der Waals surface area contributed by atoms with Gasteiger partial charge in [0, 0.05) is 19.7 Å². The molecule has 4 rings (SSSR count). The lowest BCUT2D eigenvalue weighted by atomic mass is 9.82. The molecule has 2 aliphatic rings. The zero-order valence-corrected chi connectivity index (χ0v) is 14.5. The van der Waals surface area contributed by atoms with Crippen LogP contribution in [0.2, 0.25) is 0 Å². The van der Waals surface area contributed by atoms with Crippen LogP contribution in [0.5, 0.6) is 0 Å². The maximum atomic E-state index is 12.7. The summed E-state index contributed by atoms with van der Waals surface area (Å²) in [5.41, 5.74) is 0.635. The molecule has 2 aromatic rings. The summed E-state index contributed by atoms with van der Waals surface area (Å²) in [5, 5.41) is 12.7. The fourth-order valence-electron chi connectivity index (χ4n) is 4.16. The van der Waals surface area contributed by atoms with Crippen molar-refractivity contribution in [3.8, 4) is 0 Å². The first-order valence-corrected chi connectivity index (χ1v) is 9.24. The first-order valence-electron chi connectivity index (χ1n) is 9.24. The first kappa shape index (κ1) is 16.6. The smallest absolute Gasteiger partial charge is 0.226 e. The number of ether oxygens (including phenoxy) is 1. The Morgan fingerprint density at radius 2 is 1.92 bits per heavy atom. The fraction of sp³-hybridized carbons (Fsp3) is 0.476. The lowest BCUT2D eigenvalue weighted by Crippen LogP contribution is -2.56. The van der Waals surface area contributed by atoms with Crippen LogP contribution >= 0.6 is 0 Å². The van der Waals surface area contributed by atoms with E-state index in [0.717, 1.165) is 37.9 Å². The number of hydrogen-bond donors (Lipinski definition) is 1. The molecule has 4 nitrogen and oxygen atoms in total. The molecule has 0 aromatic heterocycles. The molecule has 1 atom stereocenters. The van der Waals surface area contributed by atoms with Gasteiger partial charge in [-0.3, -0.25) is 4.79 Å². The van der Waals surface area contributed by atoms with E-state index in [-0.39, 0.29) is 12.0 Å². The minimum absolute atomic E-state index is 0.162. The van der Waals surface area contributed by atoms with Crippen molar-refractivity contribution in [2.45, 2.75) is 43.8 Å². The molecule has 2 aromatic carbocycles. The van der Waals surface area contributed by atoms with Crippen molar-refractivity contribution in [3.05, 3.63) is 48.0 Å². The van der Waals surface area contributed by atoms with Gasteiger partial charge in [0.15, 0.2) is 0 Å². The number of carbonyl (C=O) groups is 1. The zero-order valence-electron chi connectivity index (χ0n) is 14.5. The van der Waals surface area contributed by atoms with Gasteiger partial charge in [0.25, 0.3) is 0 Å². The third kappa shape index (κ3) is 3.29. The summed E-state index contributed by atoms with van der Waals surface area (Å²) in [4.78, 5) is 14.6. The number of benzene rings is 2. The minimum Gasteiger partial charge on any atom is -0.390 e. The van der Waals surface area contributed by atoms with Crippen LogP contribution in [0.4, 0.5) is 0 Å². The van der Waals surface area contributed by atoms with Crippen molar-refractivity contribution in [1.82, 2.24) is 4.90 Å². The topological polar surface area (TPSA) is 49.8 Å². The van der Waals surface area contributed by atoms with Crippen molar-refractivity contribution in [2.24, 2.45) is 0 Å². The van der Waals surface area contributed by atoms with Gasteiger partial charge in [0.1, 0.15) is 0 Å². The van der Waals surface area contributed by atoms with Crippen molar-refractivity contribution in [2.75, 3.05) is 19.7 Å². The number of carbonyl (C=O) groups excluding carboxylic acids is 1. The summed E-state index contributed by atoms with van der Waals surface area (Å²) in [6, 6.07) is 14.4. The van der Waals surface area contributed by atoms with Gasteiger partial charge in [-0.2, -0.15) is 0 Å². The Morgan fingerprint density at radius 1 is 1.16 bits per heavy atom. The number of rotatable bonds is 2. The molecule has 0 saturated carbocycles. The second-order valence-corrected chi connectivity index (χ2v) is 7.31. The second kappa shape index (κ2) is 6.77. The molecule has 0 unspecified atom stereocenters. The second-order valence-electron chi connectivity index (χ2n) is 7.31. The van der Waals surface area contributed by atoms with Crippen molar-refractivity contribution in [1.29, 1.82) is 0 Å². The number of likely N-dealkylation sites (tertiary alicyclic amines) is 1. The van der Waals surface area contributed by atoms with Gasteiger partial charge in [-0.15, -0.1) is 0 Å². The van der Waals surface area contributed by atoms with Gasteiger partial charge in [-0.05, 0) is 42.0 Å². The standard InChI is InChI=1S/C21H25NO3/c23-19-6-3-13-25-21(19)9-11-22(12-10-21)20(24)15-16-7-8-17-4-1-2-5-18(17)14-16/h1-2,4-5,7-8,14,19,23H,3,6,9-13,15H2/t19-/m0/s1. The Bertz CT molecular complexity index is 765. The number of aliphatic hydroxyl groups excluding tert-OH is 1. The maximum Gasteiger partial charge on any atom is 0.226 e. The summed E-state index contributed by atoms with van der Waals surface area (Å²) >= 11 is 0. The number of hydrogen-bond acceptors (Lipinski definition) is 3. The number of nitrogens with zero attached hydrogens (tertiary/aromatic N) is 1. The van der Waals surface area contributed by atoms with Crippen LogP contribution in [0.15, 0.2) is 42.5 Å². The highest BCUT2D eigenvalue weighted by atomic mass is 16.5. The monoisotopic (exact) mass is 339 g/mol. The van der Waals surface area contributed by atoms with Gasteiger partial charge in [0.05, 0.1) is 18.1 Å². The van der Waals surface area contributed by atoms with Gasteiger partial charge in [-0.1, -0.05) is 42.5 Å². The predicted molar refractivity (Wildman–Crippen MR) is 97.4 cm³/mol. The van der Waals surface area contributed by atoms with Crippen molar-refractivity contribution >= 4 is 16.7 Å². The van der Waals surface area contributed by atoms with E-state index >= 15 is 0 Å². The highest BCUT2D eigenvalue weighted by Crippen LogP contribution is 2.35. The lowest BCUT2D eigenvalue weighted by Gasteiger charge is -2.46. The predicted octanol–water partition coefficient (Wildman–Crippen LogP) is 2.91. The van der Waals surface area contributed by atoms with E-state index in [1.54, 1.807) is 0 Å². The Balaban J connectivity index is 1.40. The summed E-state index contributed by atoms with van der Waals surface area (Å²) in [6.45, 7) is 2.06. The van der Waals surface area contributed by atoms with Crippen molar-refractivity contribution in [3.63, 3.8) is 0 Å². The quantitative estimate of drug-likeness (QED) is 0.915. The molecule has 0 bridgehead atoms. The molecule has 2 saturated heterocycles. The van der Waals surface area contributed by atoms with E-state index in [0.29, 0.717) is 19.5 Å². The SMILES string of the molecule is O=C(Cc1ccc2ccccc2c1)N1CCC2(CC1)OCCC[C@@H]2O. The molecule has 132 valence electrons. The number of aliphatic hydroxyl groups is 1. The van der Waals surface area contributed by atoms with Crippen molar-refractivity contribution < 1.29 is 14.6 Å². The number of amides is 1. The van der Waals surface area contributed by atoms with Crippen LogP contribution < -0.4 is 0 Å². The van der Waals surface area contributed by atoms with Gasteiger partial charge in [0.2, 0.25) is 5.91 Å². The van der Waals surface area contributed by atoms with E-state index in [1.165, 1.54) is 10.8 Å². The van der Waals surface area contributed by atoms with Gasteiger partial charge < -0.3 is 14.7 Å². The van der Waals surface area contributed by atoms with Crippen LogP contribution in [0.1, 0.15) is 31.2 Å². The van der Waals surface area contributed by atoms with E-state index in [9.17, 15) is 9.90 Å². The molecule has 2 heterocycles. The van der Waals surface area contributed by atoms with E-state index in [2.05, 4.69) is 24.3 Å². The molecule has 0 radical (unpaired) electrons. The molecule has 4 heteroatoms. The van der Waals surface area contributed by atoms with E-state index in [1.807, 2.05) is 23.1 Å². The third-order valence-corrected chi connectivity index (χ3v) is 5.75. The van der Waals surface area contributed by atoms with Crippen LogP contribution in [0.25, 0.3) is 10.8 Å². The fourth-order valence-corrected chi connectivity index (χ4v) is 4.16. The van der Waals surface area contributed by atoms with Gasteiger partial charge in [-0.25, -0.2) is 0 Å². The molecule has 25 heavy (non-hydrogen) atoms. The first-order chi connectivity index (χ1) is 12.2. The summed E-state index contributed by atoms with van der Waals surface area (Å²) in [7, 11) is 0. The molecular weight excluding hydrogens is 314 g/mol. The summed E-state index contributed by atoms with van der Waals surface area (Å²) < 4.78 is 5.93. The lowest BCUT2D eigenvalue weighted by molar-refractivity contribution is -0.179. The third-order valence-electron chi connectivity index (χ3n) is 5.75. The largest absolute Gasteiger partial charge is 0.390 e. The average Bonchev–Trinajstić information content (AvgIpc) is 2.65. The van der Waals surface area contributed by atoms with E-state index < -0.39 is 5.60 Å². The molecule has 1 amide bonds. The molecule has 1 N–H and O–H groups in total. The summed E-state index contributed by atoms with van der Waals surface area (Å²) in [6.07, 6.45) is 3.24. The van der Waals surface area contributed by atoms with Crippen LogP contribution in [0.3, 0.4) is 0 Å². The van der Waals surface area contributed by atoms with Crippen LogP contribution in [-0.4, -0.2) is 47.3 Å². The highest BCUT2D eigenvalue weighted by molar-refractivity contribution is 5.85. The van der Waals surface area contributed by atoms with Crippen LogP contribution in [-0.2, 0) is 16.0 Å². The number of piperidine rings is 1. The Hall–Kier alpha value is -1.91. The molecular formula is C21H25NO3. The molecule has 1 spiro atoms.